The summed E-state index contributed by atoms with van der Waals surface area (Å²) in [6.45, 7) is 0.973. The van der Waals surface area contributed by atoms with E-state index < -0.39 is 10.0 Å². The summed E-state index contributed by atoms with van der Waals surface area (Å²) in [6, 6.07) is 6.48. The highest BCUT2D eigenvalue weighted by Gasteiger charge is 2.19. The Morgan fingerprint density at radius 2 is 2.11 bits per heavy atom. The van der Waals surface area contributed by atoms with Crippen LogP contribution in [0.5, 0.6) is 0 Å². The molecule has 1 aliphatic heterocycles. The molecule has 4 nitrogen and oxygen atoms in total. The molecule has 1 atom stereocenters. The van der Waals surface area contributed by atoms with Crippen LogP contribution >= 0.6 is 0 Å². The van der Waals surface area contributed by atoms with Gasteiger partial charge >= 0.3 is 0 Å². The summed E-state index contributed by atoms with van der Waals surface area (Å²) in [5, 5.41) is 3.15. The maximum atomic E-state index is 13.3. The van der Waals surface area contributed by atoms with Gasteiger partial charge in [-0.3, -0.25) is 0 Å². The number of rotatable bonds is 6. The molecule has 1 unspecified atom stereocenters. The van der Waals surface area contributed by atoms with E-state index >= 15 is 0 Å². The lowest BCUT2D eigenvalue weighted by molar-refractivity contribution is 0.361. The van der Waals surface area contributed by atoms with Crippen LogP contribution in [0, 0.1) is 5.82 Å². The van der Waals surface area contributed by atoms with Gasteiger partial charge in [-0.2, -0.15) is 0 Å². The summed E-state index contributed by atoms with van der Waals surface area (Å²) in [4.78, 5) is 0. The quantitative estimate of drug-likeness (QED) is 0.812. The average molecular weight is 272 g/mol. The van der Waals surface area contributed by atoms with Crippen LogP contribution in [0.2, 0.25) is 0 Å². The van der Waals surface area contributed by atoms with Gasteiger partial charge in [0.1, 0.15) is 5.82 Å². The van der Waals surface area contributed by atoms with Gasteiger partial charge in [-0.15, -0.1) is 0 Å². The number of nitrogens with one attached hydrogen (secondary N) is 2. The maximum absolute atomic E-state index is 13.3. The normalized spacial score (nSPS) is 19.5. The highest BCUT2D eigenvalue weighted by molar-refractivity contribution is 7.89. The molecular weight excluding hydrogens is 255 g/mol. The molecule has 6 heteroatoms. The molecule has 1 heterocycles. The first-order valence-corrected chi connectivity index (χ1v) is 7.66. The SMILES string of the molecule is O=S(=O)(CCC1CCN1)NCc1ccccc1F. The molecule has 1 aromatic rings. The van der Waals surface area contributed by atoms with Gasteiger partial charge in [-0.25, -0.2) is 17.5 Å². The molecular formula is C12H17FN2O2S. The van der Waals surface area contributed by atoms with Crippen molar-refractivity contribution in [3.05, 3.63) is 35.6 Å². The molecule has 18 heavy (non-hydrogen) atoms. The van der Waals surface area contributed by atoms with Crippen LogP contribution < -0.4 is 10.0 Å². The zero-order valence-electron chi connectivity index (χ0n) is 10.0. The summed E-state index contributed by atoms with van der Waals surface area (Å²) >= 11 is 0. The lowest BCUT2D eigenvalue weighted by Gasteiger charge is -2.27. The van der Waals surface area contributed by atoms with Crippen LogP contribution in [0.25, 0.3) is 0 Å². The summed E-state index contributed by atoms with van der Waals surface area (Å²) in [5.41, 5.74) is 0.364. The van der Waals surface area contributed by atoms with Gasteiger partial charge in [0, 0.05) is 18.2 Å². The molecule has 0 spiro atoms. The number of hydrogen-bond donors (Lipinski definition) is 2. The predicted octanol–water partition coefficient (Wildman–Crippen LogP) is 0.997. The highest BCUT2D eigenvalue weighted by atomic mass is 32.2. The topological polar surface area (TPSA) is 58.2 Å². The standard InChI is InChI=1S/C12H17FN2O2S/c13-12-4-2-1-3-10(12)9-15-18(16,17)8-6-11-5-7-14-11/h1-4,11,14-15H,5-9H2. The minimum Gasteiger partial charge on any atom is -0.314 e. The van der Waals surface area contributed by atoms with Gasteiger partial charge < -0.3 is 5.32 Å². The molecule has 0 aromatic heterocycles. The molecule has 0 bridgehead atoms. The highest BCUT2D eigenvalue weighted by Crippen LogP contribution is 2.09. The Balaban J connectivity index is 1.82. The van der Waals surface area contributed by atoms with Crippen LogP contribution in [0.1, 0.15) is 18.4 Å². The summed E-state index contributed by atoms with van der Waals surface area (Å²) < 4.78 is 39.1. The third-order valence-electron chi connectivity index (χ3n) is 3.10. The van der Waals surface area contributed by atoms with E-state index in [9.17, 15) is 12.8 Å². The molecule has 0 aliphatic carbocycles. The summed E-state index contributed by atoms with van der Waals surface area (Å²) in [6.07, 6.45) is 1.63. The zero-order chi connectivity index (χ0) is 13.0. The van der Waals surface area contributed by atoms with Gasteiger partial charge in [0.15, 0.2) is 0 Å². The van der Waals surface area contributed by atoms with Gasteiger partial charge in [-0.1, -0.05) is 18.2 Å². The van der Waals surface area contributed by atoms with E-state index in [-0.39, 0.29) is 18.1 Å². The minimum absolute atomic E-state index is 0.00705. The first-order valence-electron chi connectivity index (χ1n) is 6.01. The lowest BCUT2D eigenvalue weighted by Crippen LogP contribution is -2.44. The largest absolute Gasteiger partial charge is 0.314 e. The molecule has 100 valence electrons. The van der Waals surface area contributed by atoms with Crippen molar-refractivity contribution in [2.75, 3.05) is 12.3 Å². The van der Waals surface area contributed by atoms with E-state index in [4.69, 9.17) is 0 Å². The molecule has 0 saturated carbocycles. The Hall–Kier alpha value is -0.980. The molecule has 1 fully saturated rings. The molecule has 1 saturated heterocycles. The summed E-state index contributed by atoms with van der Waals surface area (Å²) in [5.74, 6) is -0.306. The van der Waals surface area contributed by atoms with E-state index in [1.165, 1.54) is 6.07 Å². The van der Waals surface area contributed by atoms with E-state index in [0.29, 0.717) is 18.0 Å². The molecule has 2 rings (SSSR count). The molecule has 1 aromatic carbocycles. The van der Waals surface area contributed by atoms with Crippen LogP contribution in [0.4, 0.5) is 4.39 Å². The predicted molar refractivity (Wildman–Crippen MR) is 68.1 cm³/mol. The molecule has 2 N–H and O–H groups in total. The minimum atomic E-state index is -3.32. The van der Waals surface area contributed by atoms with Crippen molar-refractivity contribution in [2.24, 2.45) is 0 Å². The maximum Gasteiger partial charge on any atom is 0.211 e. The number of sulfonamides is 1. The Morgan fingerprint density at radius 3 is 2.72 bits per heavy atom. The average Bonchev–Trinajstić information content (AvgIpc) is 2.26. The van der Waals surface area contributed by atoms with Gasteiger partial charge in [-0.05, 0) is 25.5 Å². The van der Waals surface area contributed by atoms with Gasteiger partial charge in [0.05, 0.1) is 5.75 Å². The van der Waals surface area contributed by atoms with E-state index in [0.717, 1.165) is 13.0 Å². The Morgan fingerprint density at radius 1 is 1.39 bits per heavy atom. The lowest BCUT2D eigenvalue weighted by atomic mass is 10.1. The fourth-order valence-corrected chi connectivity index (χ4v) is 2.91. The van der Waals surface area contributed by atoms with Crippen molar-refractivity contribution in [1.82, 2.24) is 10.0 Å². The van der Waals surface area contributed by atoms with Crippen molar-refractivity contribution in [3.8, 4) is 0 Å². The Kier molecular flexibility index (Phi) is 4.31. The van der Waals surface area contributed by atoms with Gasteiger partial charge in [0.2, 0.25) is 10.0 Å². The van der Waals surface area contributed by atoms with Crippen molar-refractivity contribution >= 4 is 10.0 Å². The second-order valence-corrected chi connectivity index (χ2v) is 6.39. The second-order valence-electron chi connectivity index (χ2n) is 4.46. The Labute approximate surface area is 107 Å². The molecule has 0 amide bonds. The van der Waals surface area contributed by atoms with Gasteiger partial charge in [0.25, 0.3) is 0 Å². The third-order valence-corrected chi connectivity index (χ3v) is 4.46. The van der Waals surface area contributed by atoms with Crippen LogP contribution in [0.15, 0.2) is 24.3 Å². The Bertz CT molecular complexity index is 501. The monoisotopic (exact) mass is 272 g/mol. The first kappa shape index (κ1) is 13.5. The summed E-state index contributed by atoms with van der Waals surface area (Å²) in [7, 11) is -3.32. The van der Waals surface area contributed by atoms with Crippen LogP contribution in [-0.4, -0.2) is 26.8 Å². The van der Waals surface area contributed by atoms with Crippen LogP contribution in [0.3, 0.4) is 0 Å². The van der Waals surface area contributed by atoms with E-state index in [1.807, 2.05) is 0 Å². The second kappa shape index (κ2) is 5.77. The fraction of sp³-hybridized carbons (Fsp3) is 0.500. The van der Waals surface area contributed by atoms with E-state index in [1.54, 1.807) is 18.2 Å². The van der Waals surface area contributed by atoms with Crippen molar-refractivity contribution in [3.63, 3.8) is 0 Å². The van der Waals surface area contributed by atoms with E-state index in [2.05, 4.69) is 10.0 Å². The fourth-order valence-electron chi connectivity index (χ4n) is 1.79. The molecule has 1 aliphatic rings. The third kappa shape index (κ3) is 3.76. The van der Waals surface area contributed by atoms with Crippen molar-refractivity contribution < 1.29 is 12.8 Å². The molecule has 0 radical (unpaired) electrons. The first-order chi connectivity index (χ1) is 8.57. The number of halogens is 1. The van der Waals surface area contributed by atoms with Crippen molar-refractivity contribution in [1.29, 1.82) is 0 Å². The smallest absolute Gasteiger partial charge is 0.211 e. The number of benzene rings is 1. The zero-order valence-corrected chi connectivity index (χ0v) is 10.8. The van der Waals surface area contributed by atoms with Crippen LogP contribution in [-0.2, 0) is 16.6 Å². The number of hydrogen-bond acceptors (Lipinski definition) is 3. The van der Waals surface area contributed by atoms with Crippen molar-refractivity contribution in [2.45, 2.75) is 25.4 Å².